The number of carbonyl (C=O) groups excluding carboxylic acids is 1. The van der Waals surface area contributed by atoms with Gasteiger partial charge in [0.05, 0.1) is 0 Å². The normalized spacial score (nSPS) is 23.8. The van der Waals surface area contributed by atoms with Crippen molar-refractivity contribution >= 4 is 5.91 Å². The third-order valence-corrected chi connectivity index (χ3v) is 2.90. The molecule has 1 fully saturated rings. The summed E-state index contributed by atoms with van der Waals surface area (Å²) >= 11 is 0. The van der Waals surface area contributed by atoms with Gasteiger partial charge >= 0.3 is 5.92 Å². The SMILES string of the molecule is CC1CN(Cc2ccccc2)C(=O)C1(F)F. The standard InChI is InChI=1S/C12H13F2NO/c1-9-7-15(11(16)12(9,13)14)8-10-5-3-2-4-6-10/h2-6,9H,7-8H2,1H3. The second-order valence-corrected chi connectivity index (χ2v) is 4.20. The van der Waals surface area contributed by atoms with E-state index in [-0.39, 0.29) is 13.1 Å². The average Bonchev–Trinajstić information content (AvgIpc) is 2.45. The largest absolute Gasteiger partial charge is 0.333 e. The van der Waals surface area contributed by atoms with Crippen molar-refractivity contribution in [2.75, 3.05) is 6.54 Å². The maximum absolute atomic E-state index is 13.3. The van der Waals surface area contributed by atoms with Crippen LogP contribution in [0.3, 0.4) is 0 Å². The van der Waals surface area contributed by atoms with Gasteiger partial charge in [0.1, 0.15) is 0 Å². The fraction of sp³-hybridized carbons (Fsp3) is 0.417. The van der Waals surface area contributed by atoms with Crippen LogP contribution < -0.4 is 0 Å². The maximum atomic E-state index is 13.3. The number of halogens is 2. The smallest absolute Gasteiger partial charge is 0.328 e. The molecule has 16 heavy (non-hydrogen) atoms. The van der Waals surface area contributed by atoms with E-state index in [4.69, 9.17) is 0 Å². The van der Waals surface area contributed by atoms with Crippen LogP contribution in [-0.2, 0) is 11.3 Å². The van der Waals surface area contributed by atoms with Crippen molar-refractivity contribution in [1.82, 2.24) is 4.90 Å². The van der Waals surface area contributed by atoms with Crippen molar-refractivity contribution in [3.63, 3.8) is 0 Å². The fourth-order valence-electron chi connectivity index (χ4n) is 1.89. The second kappa shape index (κ2) is 3.85. The monoisotopic (exact) mass is 225 g/mol. The highest BCUT2D eigenvalue weighted by Crippen LogP contribution is 2.34. The van der Waals surface area contributed by atoms with Gasteiger partial charge in [-0.1, -0.05) is 37.3 Å². The van der Waals surface area contributed by atoms with E-state index in [0.717, 1.165) is 5.56 Å². The molecule has 0 spiro atoms. The molecule has 1 unspecified atom stereocenters. The van der Waals surface area contributed by atoms with Crippen LogP contribution in [0.5, 0.6) is 0 Å². The van der Waals surface area contributed by atoms with E-state index in [1.807, 2.05) is 30.3 Å². The van der Waals surface area contributed by atoms with Crippen LogP contribution in [-0.4, -0.2) is 23.3 Å². The zero-order chi connectivity index (χ0) is 11.8. The van der Waals surface area contributed by atoms with Gasteiger partial charge < -0.3 is 4.90 Å². The minimum Gasteiger partial charge on any atom is -0.333 e. The molecule has 1 heterocycles. The summed E-state index contributed by atoms with van der Waals surface area (Å²) in [5, 5.41) is 0. The Morgan fingerprint density at radius 1 is 1.38 bits per heavy atom. The molecule has 1 aliphatic rings. The lowest BCUT2D eigenvalue weighted by atomic mass is 10.1. The number of carbonyl (C=O) groups is 1. The lowest BCUT2D eigenvalue weighted by molar-refractivity contribution is -0.151. The molecule has 1 aromatic carbocycles. The van der Waals surface area contributed by atoms with Gasteiger partial charge in [-0.2, -0.15) is 8.78 Å². The van der Waals surface area contributed by atoms with Crippen molar-refractivity contribution in [2.45, 2.75) is 19.4 Å². The van der Waals surface area contributed by atoms with Crippen LogP contribution in [0.4, 0.5) is 8.78 Å². The predicted molar refractivity (Wildman–Crippen MR) is 56.0 cm³/mol. The van der Waals surface area contributed by atoms with Gasteiger partial charge in [0, 0.05) is 19.0 Å². The van der Waals surface area contributed by atoms with Gasteiger partial charge in [-0.05, 0) is 5.56 Å². The van der Waals surface area contributed by atoms with Gasteiger partial charge in [-0.15, -0.1) is 0 Å². The fourth-order valence-corrected chi connectivity index (χ4v) is 1.89. The third-order valence-electron chi connectivity index (χ3n) is 2.90. The van der Waals surface area contributed by atoms with Crippen LogP contribution in [0.25, 0.3) is 0 Å². The van der Waals surface area contributed by atoms with Gasteiger partial charge in [0.2, 0.25) is 0 Å². The Morgan fingerprint density at radius 2 is 2.00 bits per heavy atom. The van der Waals surface area contributed by atoms with Crippen molar-refractivity contribution in [3.8, 4) is 0 Å². The van der Waals surface area contributed by atoms with E-state index in [1.165, 1.54) is 11.8 Å². The number of likely N-dealkylation sites (tertiary alicyclic amines) is 1. The Hall–Kier alpha value is -1.45. The molecular weight excluding hydrogens is 212 g/mol. The molecule has 1 amide bonds. The summed E-state index contributed by atoms with van der Waals surface area (Å²) in [6.07, 6.45) is 0. The van der Waals surface area contributed by atoms with Gasteiger partial charge in [-0.25, -0.2) is 0 Å². The number of amides is 1. The van der Waals surface area contributed by atoms with E-state index >= 15 is 0 Å². The van der Waals surface area contributed by atoms with Crippen molar-refractivity contribution in [2.24, 2.45) is 5.92 Å². The topological polar surface area (TPSA) is 20.3 Å². The molecule has 0 aromatic heterocycles. The molecule has 0 radical (unpaired) electrons. The summed E-state index contributed by atoms with van der Waals surface area (Å²) in [5.74, 6) is -5.15. The summed E-state index contributed by atoms with van der Waals surface area (Å²) in [6.45, 7) is 1.79. The molecular formula is C12H13F2NO. The Bertz CT molecular complexity index is 391. The highest BCUT2D eigenvalue weighted by Gasteiger charge is 2.53. The lowest BCUT2D eigenvalue weighted by Crippen LogP contribution is -2.34. The number of nitrogens with zero attached hydrogens (tertiary/aromatic N) is 1. The first-order chi connectivity index (χ1) is 7.51. The number of hydrogen-bond acceptors (Lipinski definition) is 1. The molecule has 2 nitrogen and oxygen atoms in total. The van der Waals surface area contributed by atoms with Crippen molar-refractivity contribution < 1.29 is 13.6 Å². The average molecular weight is 225 g/mol. The van der Waals surface area contributed by atoms with E-state index in [1.54, 1.807) is 0 Å². The van der Waals surface area contributed by atoms with Crippen LogP contribution in [0.2, 0.25) is 0 Å². The molecule has 0 aliphatic carbocycles. The van der Waals surface area contributed by atoms with Gasteiger partial charge in [-0.3, -0.25) is 4.79 Å². The molecule has 1 aromatic rings. The summed E-state index contributed by atoms with van der Waals surface area (Å²) < 4.78 is 26.6. The summed E-state index contributed by atoms with van der Waals surface area (Å²) in [6, 6.07) is 9.17. The minimum absolute atomic E-state index is 0.126. The Kier molecular flexibility index (Phi) is 2.66. The molecule has 0 bridgehead atoms. The molecule has 4 heteroatoms. The Balaban J connectivity index is 2.11. The van der Waals surface area contributed by atoms with E-state index < -0.39 is 17.7 Å². The Labute approximate surface area is 92.9 Å². The van der Waals surface area contributed by atoms with Crippen molar-refractivity contribution in [3.05, 3.63) is 35.9 Å². The van der Waals surface area contributed by atoms with E-state index in [2.05, 4.69) is 0 Å². The van der Waals surface area contributed by atoms with Crippen LogP contribution in [0, 0.1) is 5.92 Å². The van der Waals surface area contributed by atoms with Gasteiger partial charge in [0.15, 0.2) is 0 Å². The highest BCUT2D eigenvalue weighted by atomic mass is 19.3. The summed E-state index contributed by atoms with van der Waals surface area (Å²) in [5.41, 5.74) is 0.876. The van der Waals surface area contributed by atoms with Crippen LogP contribution >= 0.6 is 0 Å². The Morgan fingerprint density at radius 3 is 2.50 bits per heavy atom. The number of alkyl halides is 2. The first-order valence-electron chi connectivity index (χ1n) is 5.23. The number of benzene rings is 1. The third kappa shape index (κ3) is 1.79. The lowest BCUT2D eigenvalue weighted by Gasteiger charge is -2.15. The zero-order valence-electron chi connectivity index (χ0n) is 8.99. The summed E-state index contributed by atoms with van der Waals surface area (Å²) in [7, 11) is 0. The van der Waals surface area contributed by atoms with Crippen molar-refractivity contribution in [1.29, 1.82) is 0 Å². The first kappa shape index (κ1) is 11.0. The quantitative estimate of drug-likeness (QED) is 0.756. The molecule has 86 valence electrons. The number of hydrogen-bond donors (Lipinski definition) is 0. The minimum atomic E-state index is -3.20. The molecule has 1 saturated heterocycles. The molecule has 1 aliphatic heterocycles. The molecule has 1 atom stereocenters. The van der Waals surface area contributed by atoms with E-state index in [0.29, 0.717) is 0 Å². The first-order valence-corrected chi connectivity index (χ1v) is 5.23. The molecule has 0 saturated carbocycles. The summed E-state index contributed by atoms with van der Waals surface area (Å²) in [4.78, 5) is 12.6. The number of rotatable bonds is 2. The molecule has 2 rings (SSSR count). The maximum Gasteiger partial charge on any atom is 0.328 e. The van der Waals surface area contributed by atoms with Crippen LogP contribution in [0.1, 0.15) is 12.5 Å². The van der Waals surface area contributed by atoms with E-state index in [9.17, 15) is 13.6 Å². The van der Waals surface area contributed by atoms with Crippen LogP contribution in [0.15, 0.2) is 30.3 Å². The zero-order valence-corrected chi connectivity index (χ0v) is 8.99. The predicted octanol–water partition coefficient (Wildman–Crippen LogP) is 2.30. The second-order valence-electron chi connectivity index (χ2n) is 4.20. The molecule has 0 N–H and O–H groups in total. The van der Waals surface area contributed by atoms with Gasteiger partial charge in [0.25, 0.3) is 5.91 Å². The highest BCUT2D eigenvalue weighted by molar-refractivity contribution is 5.86.